The Morgan fingerprint density at radius 2 is 1.76 bits per heavy atom. The molecule has 0 unspecified atom stereocenters. The Balaban J connectivity index is 1.94. The van der Waals surface area contributed by atoms with Gasteiger partial charge in [-0.2, -0.15) is 0 Å². The zero-order chi connectivity index (χ0) is 17.9. The summed E-state index contributed by atoms with van der Waals surface area (Å²) in [4.78, 5) is 11.9. The summed E-state index contributed by atoms with van der Waals surface area (Å²) in [6.07, 6.45) is 3.48. The maximum atomic E-state index is 11.9. The Labute approximate surface area is 149 Å². The summed E-state index contributed by atoms with van der Waals surface area (Å²) in [5.41, 5.74) is 1.96. The van der Waals surface area contributed by atoms with Gasteiger partial charge < -0.3 is 14.2 Å². The molecule has 25 heavy (non-hydrogen) atoms. The topological polar surface area (TPSA) is 44.8 Å². The van der Waals surface area contributed by atoms with Crippen molar-refractivity contribution in [2.75, 3.05) is 13.7 Å². The first kappa shape index (κ1) is 18.6. The predicted molar refractivity (Wildman–Crippen MR) is 98.1 cm³/mol. The van der Waals surface area contributed by atoms with Gasteiger partial charge in [0.2, 0.25) is 5.76 Å². The van der Waals surface area contributed by atoms with Crippen molar-refractivity contribution in [2.45, 2.75) is 26.4 Å². The van der Waals surface area contributed by atoms with Crippen molar-refractivity contribution in [1.29, 1.82) is 0 Å². The fraction of sp³-hybridized carbons (Fsp3) is 0.286. The number of hydrogen-bond acceptors (Lipinski definition) is 4. The van der Waals surface area contributed by atoms with Crippen molar-refractivity contribution >= 4 is 12.0 Å². The molecule has 0 aliphatic heterocycles. The predicted octanol–water partition coefficient (Wildman–Crippen LogP) is 4.60. The molecule has 0 radical (unpaired) electrons. The highest BCUT2D eigenvalue weighted by Crippen LogP contribution is 2.17. The largest absolute Gasteiger partial charge is 0.490 e. The van der Waals surface area contributed by atoms with Gasteiger partial charge >= 0.3 is 5.97 Å². The number of rotatable bonds is 9. The SMILES string of the molecule is CCCCOC(=O)/C(=C/c1ccc(OCc2ccccc2)cc1)OC. The molecule has 0 bridgehead atoms. The molecule has 2 aromatic carbocycles. The lowest BCUT2D eigenvalue weighted by molar-refractivity contribution is -0.142. The maximum Gasteiger partial charge on any atom is 0.373 e. The van der Waals surface area contributed by atoms with E-state index in [1.54, 1.807) is 6.08 Å². The van der Waals surface area contributed by atoms with Crippen molar-refractivity contribution in [3.05, 3.63) is 71.5 Å². The van der Waals surface area contributed by atoms with Crippen LogP contribution in [0.15, 0.2) is 60.4 Å². The van der Waals surface area contributed by atoms with Crippen molar-refractivity contribution < 1.29 is 19.0 Å². The van der Waals surface area contributed by atoms with Crippen LogP contribution in [0, 0.1) is 0 Å². The van der Waals surface area contributed by atoms with Crippen molar-refractivity contribution in [1.82, 2.24) is 0 Å². The van der Waals surface area contributed by atoms with E-state index < -0.39 is 5.97 Å². The highest BCUT2D eigenvalue weighted by molar-refractivity contribution is 5.91. The second-order valence-corrected chi connectivity index (χ2v) is 5.55. The summed E-state index contributed by atoms with van der Waals surface area (Å²) in [6, 6.07) is 17.5. The molecule has 0 fully saturated rings. The number of hydrogen-bond donors (Lipinski definition) is 0. The highest BCUT2D eigenvalue weighted by Gasteiger charge is 2.11. The van der Waals surface area contributed by atoms with Gasteiger partial charge in [0.1, 0.15) is 12.4 Å². The summed E-state index contributed by atoms with van der Waals surface area (Å²) in [6.45, 7) is 2.97. The highest BCUT2D eigenvalue weighted by atomic mass is 16.6. The summed E-state index contributed by atoms with van der Waals surface area (Å²) in [7, 11) is 1.46. The number of methoxy groups -OCH3 is 1. The van der Waals surface area contributed by atoms with Crippen LogP contribution in [0.2, 0.25) is 0 Å². The van der Waals surface area contributed by atoms with Gasteiger partial charge in [0, 0.05) is 0 Å². The average molecular weight is 340 g/mol. The molecule has 0 aromatic heterocycles. The van der Waals surface area contributed by atoms with Gasteiger partial charge in [0.05, 0.1) is 13.7 Å². The van der Waals surface area contributed by atoms with E-state index in [-0.39, 0.29) is 5.76 Å². The Bertz CT molecular complexity index is 675. The van der Waals surface area contributed by atoms with Crippen LogP contribution in [-0.2, 0) is 20.9 Å². The van der Waals surface area contributed by atoms with E-state index >= 15 is 0 Å². The molecule has 132 valence electrons. The van der Waals surface area contributed by atoms with Crippen LogP contribution in [0.4, 0.5) is 0 Å². The molecule has 0 aliphatic rings. The van der Waals surface area contributed by atoms with Gasteiger partial charge in [0.15, 0.2) is 0 Å². The molecule has 2 aromatic rings. The molecular formula is C21H24O4. The molecule has 0 saturated carbocycles. The molecule has 2 rings (SSSR count). The molecule has 0 heterocycles. The molecular weight excluding hydrogens is 316 g/mol. The second kappa shape index (κ2) is 10.2. The molecule has 4 heteroatoms. The second-order valence-electron chi connectivity index (χ2n) is 5.55. The smallest absolute Gasteiger partial charge is 0.373 e. The average Bonchev–Trinajstić information content (AvgIpc) is 2.66. The normalized spacial score (nSPS) is 11.0. The summed E-state index contributed by atoms with van der Waals surface area (Å²) >= 11 is 0. The lowest BCUT2D eigenvalue weighted by Crippen LogP contribution is -2.10. The Kier molecular flexibility index (Phi) is 7.57. The fourth-order valence-corrected chi connectivity index (χ4v) is 2.13. The quantitative estimate of drug-likeness (QED) is 0.290. The standard InChI is InChI=1S/C21H24O4/c1-3-4-14-24-21(22)20(23-2)15-17-10-12-19(13-11-17)25-16-18-8-6-5-7-9-18/h5-13,15H,3-4,14,16H2,1-2H3/b20-15-. The van der Waals surface area contributed by atoms with Crippen LogP contribution in [0.25, 0.3) is 6.08 Å². The van der Waals surface area contributed by atoms with Crippen LogP contribution in [0.1, 0.15) is 30.9 Å². The van der Waals surface area contributed by atoms with Crippen molar-refractivity contribution in [3.8, 4) is 5.75 Å². The van der Waals surface area contributed by atoms with E-state index in [0.717, 1.165) is 29.7 Å². The lowest BCUT2D eigenvalue weighted by atomic mass is 10.2. The summed E-state index contributed by atoms with van der Waals surface area (Å²) in [5, 5.41) is 0. The Morgan fingerprint density at radius 3 is 2.40 bits per heavy atom. The number of carbonyl (C=O) groups is 1. The third kappa shape index (κ3) is 6.34. The van der Waals surface area contributed by atoms with E-state index in [2.05, 4.69) is 0 Å². The minimum Gasteiger partial charge on any atom is -0.490 e. The Hall–Kier alpha value is -2.75. The van der Waals surface area contributed by atoms with Crippen LogP contribution >= 0.6 is 0 Å². The van der Waals surface area contributed by atoms with Crippen LogP contribution < -0.4 is 4.74 Å². The Morgan fingerprint density at radius 1 is 1.04 bits per heavy atom. The van der Waals surface area contributed by atoms with Gasteiger partial charge in [-0.05, 0) is 35.8 Å². The monoisotopic (exact) mass is 340 g/mol. The van der Waals surface area contributed by atoms with Gasteiger partial charge in [-0.25, -0.2) is 4.79 Å². The maximum absolute atomic E-state index is 11.9. The number of carbonyl (C=O) groups excluding carboxylic acids is 1. The van der Waals surface area contributed by atoms with E-state index in [1.165, 1.54) is 7.11 Å². The van der Waals surface area contributed by atoms with Gasteiger partial charge in [-0.15, -0.1) is 0 Å². The van der Waals surface area contributed by atoms with Gasteiger partial charge in [0.25, 0.3) is 0 Å². The molecule has 0 spiro atoms. The molecule has 0 saturated heterocycles. The third-order valence-electron chi connectivity index (χ3n) is 3.58. The van der Waals surface area contributed by atoms with Crippen molar-refractivity contribution in [3.63, 3.8) is 0 Å². The minimum atomic E-state index is -0.444. The number of unbranched alkanes of at least 4 members (excludes halogenated alkanes) is 1. The molecule has 0 aliphatic carbocycles. The summed E-state index contributed by atoms with van der Waals surface area (Å²) in [5.74, 6) is 0.514. The lowest BCUT2D eigenvalue weighted by Gasteiger charge is -2.08. The first-order chi connectivity index (χ1) is 12.2. The van der Waals surface area contributed by atoms with E-state index in [1.807, 2.05) is 61.5 Å². The number of esters is 1. The van der Waals surface area contributed by atoms with Crippen LogP contribution in [-0.4, -0.2) is 19.7 Å². The number of ether oxygens (including phenoxy) is 3. The number of benzene rings is 2. The van der Waals surface area contributed by atoms with Crippen molar-refractivity contribution in [2.24, 2.45) is 0 Å². The zero-order valence-electron chi connectivity index (χ0n) is 14.7. The summed E-state index contributed by atoms with van der Waals surface area (Å²) < 4.78 is 16.0. The van der Waals surface area contributed by atoms with Gasteiger partial charge in [-0.1, -0.05) is 55.8 Å². The first-order valence-electron chi connectivity index (χ1n) is 8.42. The molecule has 0 amide bonds. The minimum absolute atomic E-state index is 0.189. The molecule has 0 atom stereocenters. The van der Waals surface area contributed by atoms with E-state index in [4.69, 9.17) is 14.2 Å². The zero-order valence-corrected chi connectivity index (χ0v) is 14.7. The van der Waals surface area contributed by atoms with E-state index in [9.17, 15) is 4.79 Å². The fourth-order valence-electron chi connectivity index (χ4n) is 2.13. The first-order valence-corrected chi connectivity index (χ1v) is 8.42. The van der Waals surface area contributed by atoms with Crippen LogP contribution in [0.3, 0.4) is 0 Å². The molecule has 4 nitrogen and oxygen atoms in total. The third-order valence-corrected chi connectivity index (χ3v) is 3.58. The molecule has 0 N–H and O–H groups in total. The van der Waals surface area contributed by atoms with Gasteiger partial charge in [-0.3, -0.25) is 0 Å². The van der Waals surface area contributed by atoms with Crippen LogP contribution in [0.5, 0.6) is 5.75 Å². The van der Waals surface area contributed by atoms with E-state index in [0.29, 0.717) is 13.2 Å².